The Hall–Kier alpha value is -1.43. The molecule has 0 aromatic heterocycles. The van der Waals surface area contributed by atoms with Crippen molar-refractivity contribution < 1.29 is 23.7 Å². The summed E-state index contributed by atoms with van der Waals surface area (Å²) in [5.41, 5.74) is 1.45. The van der Waals surface area contributed by atoms with Crippen molar-refractivity contribution >= 4 is 21.9 Å². The van der Waals surface area contributed by atoms with Crippen molar-refractivity contribution in [3.05, 3.63) is 11.1 Å². The van der Waals surface area contributed by atoms with Crippen LogP contribution in [0.4, 0.5) is 0 Å². The predicted octanol–water partition coefficient (Wildman–Crippen LogP) is 3.03. The number of esters is 1. The van der Waals surface area contributed by atoms with Crippen LogP contribution in [0.15, 0.2) is 0 Å². The Morgan fingerprint density at radius 2 is 1.90 bits per heavy atom. The molecule has 1 aliphatic rings. The zero-order chi connectivity index (χ0) is 15.8. The molecular weight excluding hydrogens is 340 g/mol. The zero-order valence-corrected chi connectivity index (χ0v) is 14.4. The lowest BCUT2D eigenvalue weighted by Crippen LogP contribution is -2.31. The van der Waals surface area contributed by atoms with Crippen molar-refractivity contribution in [2.45, 2.75) is 32.8 Å². The van der Waals surface area contributed by atoms with E-state index in [0.717, 1.165) is 11.1 Å². The Morgan fingerprint density at radius 1 is 1.29 bits per heavy atom. The van der Waals surface area contributed by atoms with E-state index in [1.54, 1.807) is 0 Å². The van der Waals surface area contributed by atoms with Gasteiger partial charge in [0.1, 0.15) is 5.60 Å². The van der Waals surface area contributed by atoms with Gasteiger partial charge in [0.25, 0.3) is 0 Å². The maximum Gasteiger partial charge on any atom is 0.308 e. The van der Waals surface area contributed by atoms with Gasteiger partial charge < -0.3 is 18.9 Å². The first kappa shape index (κ1) is 15.9. The van der Waals surface area contributed by atoms with Crippen LogP contribution in [0.25, 0.3) is 0 Å². The fourth-order valence-electron chi connectivity index (χ4n) is 2.51. The number of alkyl halides is 1. The second kappa shape index (κ2) is 5.75. The standard InChI is InChI=1S/C15H19BrO5/c1-8-10-6-15(3,7-16)21-12(10)14(19-5)13(18-4)11(8)20-9(2)17/h6-7H2,1-5H3. The molecule has 0 saturated carbocycles. The number of hydrogen-bond donors (Lipinski definition) is 0. The van der Waals surface area contributed by atoms with E-state index >= 15 is 0 Å². The quantitative estimate of drug-likeness (QED) is 0.470. The summed E-state index contributed by atoms with van der Waals surface area (Å²) >= 11 is 3.47. The molecule has 1 heterocycles. The molecule has 2 rings (SSSR count). The molecule has 0 N–H and O–H groups in total. The summed E-state index contributed by atoms with van der Waals surface area (Å²) in [6.07, 6.45) is 0.702. The maximum absolute atomic E-state index is 11.4. The summed E-state index contributed by atoms with van der Waals surface area (Å²) in [7, 11) is 3.05. The van der Waals surface area contributed by atoms with Crippen molar-refractivity contribution in [3.63, 3.8) is 0 Å². The Kier molecular flexibility index (Phi) is 4.37. The third-order valence-corrected chi connectivity index (χ3v) is 4.71. The molecule has 116 valence electrons. The number of ether oxygens (including phenoxy) is 4. The Bertz CT molecular complexity index is 584. The summed E-state index contributed by atoms with van der Waals surface area (Å²) in [5, 5.41) is 0.683. The van der Waals surface area contributed by atoms with Gasteiger partial charge in [-0.25, -0.2) is 0 Å². The van der Waals surface area contributed by atoms with Crippen molar-refractivity contribution in [1.82, 2.24) is 0 Å². The van der Waals surface area contributed by atoms with Crippen LogP contribution in [-0.2, 0) is 11.2 Å². The Morgan fingerprint density at radius 3 is 2.38 bits per heavy atom. The number of halogens is 1. The molecule has 1 aliphatic heterocycles. The van der Waals surface area contributed by atoms with Gasteiger partial charge in [0.15, 0.2) is 11.5 Å². The van der Waals surface area contributed by atoms with Crippen molar-refractivity contribution in [2.24, 2.45) is 0 Å². The van der Waals surface area contributed by atoms with Crippen molar-refractivity contribution in [3.8, 4) is 23.0 Å². The average Bonchev–Trinajstić information content (AvgIpc) is 2.80. The van der Waals surface area contributed by atoms with Crippen LogP contribution < -0.4 is 18.9 Å². The topological polar surface area (TPSA) is 54.0 Å². The predicted molar refractivity (Wildman–Crippen MR) is 82.1 cm³/mol. The van der Waals surface area contributed by atoms with Gasteiger partial charge in [-0.1, -0.05) is 15.9 Å². The molecule has 6 heteroatoms. The Labute approximate surface area is 132 Å². The number of rotatable bonds is 4. The largest absolute Gasteiger partial charge is 0.490 e. The molecule has 0 bridgehead atoms. The number of fused-ring (bicyclic) bond motifs is 1. The van der Waals surface area contributed by atoms with Crippen LogP contribution in [0.1, 0.15) is 25.0 Å². The fraction of sp³-hybridized carbons (Fsp3) is 0.533. The third kappa shape index (κ3) is 2.69. The SMILES string of the molecule is COc1c(OC(C)=O)c(C)c2c(c1OC)OC(C)(CBr)C2. The van der Waals surface area contributed by atoms with E-state index in [0.29, 0.717) is 34.7 Å². The third-order valence-electron chi connectivity index (χ3n) is 3.52. The van der Waals surface area contributed by atoms with Crippen molar-refractivity contribution in [1.29, 1.82) is 0 Å². The summed E-state index contributed by atoms with van der Waals surface area (Å²) in [5.74, 6) is 1.48. The van der Waals surface area contributed by atoms with E-state index in [1.807, 2.05) is 13.8 Å². The average molecular weight is 359 g/mol. The molecule has 1 aromatic rings. The second-order valence-corrected chi connectivity index (χ2v) is 5.85. The molecule has 0 spiro atoms. The molecule has 1 aromatic carbocycles. The molecule has 0 fully saturated rings. The molecule has 5 nitrogen and oxygen atoms in total. The molecule has 0 aliphatic carbocycles. The minimum atomic E-state index is -0.402. The van der Waals surface area contributed by atoms with Crippen molar-refractivity contribution in [2.75, 3.05) is 19.5 Å². The van der Waals surface area contributed by atoms with Gasteiger partial charge in [-0.15, -0.1) is 0 Å². The van der Waals surface area contributed by atoms with Gasteiger partial charge in [-0.05, 0) is 13.8 Å². The zero-order valence-electron chi connectivity index (χ0n) is 12.8. The number of hydrogen-bond acceptors (Lipinski definition) is 5. The van der Waals surface area contributed by atoms with Crippen LogP contribution in [0.3, 0.4) is 0 Å². The van der Waals surface area contributed by atoms with Gasteiger partial charge in [0, 0.05) is 29.8 Å². The minimum Gasteiger partial charge on any atom is -0.490 e. The highest BCUT2D eigenvalue weighted by Gasteiger charge is 2.40. The molecule has 0 saturated heterocycles. The minimum absolute atomic E-state index is 0.361. The number of benzene rings is 1. The van der Waals surface area contributed by atoms with Crippen LogP contribution in [0.2, 0.25) is 0 Å². The first-order valence-electron chi connectivity index (χ1n) is 6.57. The number of carbonyl (C=O) groups is 1. The molecule has 1 atom stereocenters. The highest BCUT2D eigenvalue weighted by atomic mass is 79.9. The summed E-state index contributed by atoms with van der Waals surface area (Å²) < 4.78 is 22.2. The van der Waals surface area contributed by atoms with Gasteiger partial charge in [-0.3, -0.25) is 4.79 Å². The number of methoxy groups -OCH3 is 2. The lowest BCUT2D eigenvalue weighted by atomic mass is 9.96. The van der Waals surface area contributed by atoms with Crippen LogP contribution >= 0.6 is 15.9 Å². The van der Waals surface area contributed by atoms with Gasteiger partial charge in [0.2, 0.25) is 11.5 Å². The van der Waals surface area contributed by atoms with Crippen LogP contribution in [0.5, 0.6) is 23.0 Å². The maximum atomic E-state index is 11.4. The van der Waals surface area contributed by atoms with Crippen LogP contribution in [-0.4, -0.2) is 31.1 Å². The summed E-state index contributed by atoms with van der Waals surface area (Å²) in [4.78, 5) is 11.4. The van der Waals surface area contributed by atoms with E-state index in [4.69, 9.17) is 18.9 Å². The van der Waals surface area contributed by atoms with E-state index < -0.39 is 5.97 Å². The smallest absolute Gasteiger partial charge is 0.308 e. The molecular formula is C15H19BrO5. The van der Waals surface area contributed by atoms with Gasteiger partial charge in [0.05, 0.1) is 14.2 Å². The highest BCUT2D eigenvalue weighted by molar-refractivity contribution is 9.09. The van der Waals surface area contributed by atoms with E-state index in [-0.39, 0.29) is 5.60 Å². The lowest BCUT2D eigenvalue weighted by molar-refractivity contribution is -0.132. The monoisotopic (exact) mass is 358 g/mol. The number of carbonyl (C=O) groups excluding carboxylic acids is 1. The highest BCUT2D eigenvalue weighted by Crippen LogP contribution is 2.54. The van der Waals surface area contributed by atoms with E-state index in [2.05, 4.69) is 15.9 Å². The second-order valence-electron chi connectivity index (χ2n) is 5.28. The summed E-state index contributed by atoms with van der Waals surface area (Å²) in [6, 6.07) is 0. The van der Waals surface area contributed by atoms with Gasteiger partial charge in [-0.2, -0.15) is 0 Å². The molecule has 21 heavy (non-hydrogen) atoms. The molecule has 0 radical (unpaired) electrons. The van der Waals surface area contributed by atoms with Gasteiger partial charge >= 0.3 is 5.97 Å². The van der Waals surface area contributed by atoms with E-state index in [9.17, 15) is 4.79 Å². The Balaban J connectivity index is 2.67. The normalized spacial score (nSPS) is 19.7. The summed E-state index contributed by atoms with van der Waals surface area (Å²) in [6.45, 7) is 5.26. The fourth-order valence-corrected chi connectivity index (χ4v) is 2.82. The van der Waals surface area contributed by atoms with E-state index in [1.165, 1.54) is 21.1 Å². The molecule has 0 amide bonds. The first-order chi connectivity index (χ1) is 9.86. The van der Waals surface area contributed by atoms with Crippen LogP contribution in [0, 0.1) is 6.92 Å². The lowest BCUT2D eigenvalue weighted by Gasteiger charge is -2.21. The first-order valence-corrected chi connectivity index (χ1v) is 7.69. The molecule has 1 unspecified atom stereocenters.